The van der Waals surface area contributed by atoms with Gasteiger partial charge in [0.25, 0.3) is 0 Å². The fourth-order valence-electron chi connectivity index (χ4n) is 4.69. The molecule has 0 amide bonds. The van der Waals surface area contributed by atoms with Crippen LogP contribution in [0.15, 0.2) is 72.9 Å². The van der Waals surface area contributed by atoms with Crippen LogP contribution in [-0.2, 0) is 9.47 Å². The molecule has 40 heavy (non-hydrogen) atoms. The second kappa shape index (κ2) is 10.4. The number of pyridine rings is 1. The molecule has 5 aromatic rings. The number of rotatable bonds is 3. The van der Waals surface area contributed by atoms with E-state index in [1.54, 1.807) is 18.3 Å². The first-order valence-electron chi connectivity index (χ1n) is 13.3. The normalized spacial score (nSPS) is 13.7. The molecule has 0 spiro atoms. The Morgan fingerprint density at radius 3 is 2.48 bits per heavy atom. The standard InChI is InChI=1S/C32H29N5O3/c1-32(2,3)40-31(38)24-10-8-23(9-11-24)29-27(15-14-25-13-12-22-6-4-5-7-26(22)34-25)35-30-28(16-17-33-37(29)30)36-18-20-39-21-19-36/h4-13,16-17H,18-21H2,1-3H3. The van der Waals surface area contributed by atoms with Crippen molar-refractivity contribution in [2.24, 2.45) is 0 Å². The van der Waals surface area contributed by atoms with Crippen molar-refractivity contribution in [2.75, 3.05) is 31.2 Å². The SMILES string of the molecule is CC(C)(C)OC(=O)c1ccc(-c2c(C#Cc3ccc4ccccc4n3)nc3c(N4CCOCC4)ccnn23)cc1. The molecule has 0 radical (unpaired) electrons. The van der Waals surface area contributed by atoms with Gasteiger partial charge in [0.1, 0.15) is 22.7 Å². The number of aromatic nitrogens is 4. The lowest BCUT2D eigenvalue weighted by Gasteiger charge is -2.28. The lowest BCUT2D eigenvalue weighted by molar-refractivity contribution is 0.00695. The maximum atomic E-state index is 12.6. The molecule has 0 saturated carbocycles. The molecule has 2 aromatic carbocycles. The van der Waals surface area contributed by atoms with E-state index in [4.69, 9.17) is 19.4 Å². The molecule has 0 bridgehead atoms. The molecule has 1 aliphatic heterocycles. The Labute approximate surface area is 232 Å². The van der Waals surface area contributed by atoms with Crippen LogP contribution in [0.1, 0.15) is 42.5 Å². The van der Waals surface area contributed by atoms with Crippen molar-refractivity contribution < 1.29 is 14.3 Å². The monoisotopic (exact) mass is 531 g/mol. The van der Waals surface area contributed by atoms with Crippen LogP contribution in [0.4, 0.5) is 5.69 Å². The molecular weight excluding hydrogens is 502 g/mol. The van der Waals surface area contributed by atoms with Crippen molar-refractivity contribution in [3.8, 4) is 23.1 Å². The zero-order chi connectivity index (χ0) is 27.7. The number of benzene rings is 2. The van der Waals surface area contributed by atoms with Gasteiger partial charge in [-0.05, 0) is 62.9 Å². The Hall–Kier alpha value is -4.74. The highest BCUT2D eigenvalue weighted by atomic mass is 16.6. The van der Waals surface area contributed by atoms with Gasteiger partial charge < -0.3 is 14.4 Å². The van der Waals surface area contributed by atoms with Crippen molar-refractivity contribution in [3.63, 3.8) is 0 Å². The van der Waals surface area contributed by atoms with Gasteiger partial charge in [-0.15, -0.1) is 0 Å². The van der Waals surface area contributed by atoms with Gasteiger partial charge in [0.15, 0.2) is 5.65 Å². The Bertz CT molecular complexity index is 1770. The van der Waals surface area contributed by atoms with Crippen LogP contribution in [0.2, 0.25) is 0 Å². The number of hydrogen-bond donors (Lipinski definition) is 0. The highest BCUT2D eigenvalue weighted by molar-refractivity contribution is 5.90. The van der Waals surface area contributed by atoms with Gasteiger partial charge in [-0.2, -0.15) is 5.10 Å². The number of esters is 1. The third kappa shape index (κ3) is 5.24. The summed E-state index contributed by atoms with van der Waals surface area (Å²) in [4.78, 5) is 24.5. The van der Waals surface area contributed by atoms with Gasteiger partial charge in [0.2, 0.25) is 0 Å². The lowest BCUT2D eigenvalue weighted by Crippen LogP contribution is -2.36. The number of carbonyl (C=O) groups is 1. The fourth-order valence-corrected chi connectivity index (χ4v) is 4.69. The molecule has 0 aliphatic carbocycles. The van der Waals surface area contributed by atoms with Crippen molar-refractivity contribution in [2.45, 2.75) is 26.4 Å². The number of para-hydroxylation sites is 1. The summed E-state index contributed by atoms with van der Waals surface area (Å²) in [6, 6.07) is 21.1. The number of fused-ring (bicyclic) bond motifs is 2. The minimum Gasteiger partial charge on any atom is -0.456 e. The largest absolute Gasteiger partial charge is 0.456 e. The lowest BCUT2D eigenvalue weighted by atomic mass is 10.1. The number of anilines is 1. The molecule has 8 heteroatoms. The van der Waals surface area contributed by atoms with Crippen molar-refractivity contribution in [1.29, 1.82) is 0 Å². The molecule has 0 unspecified atom stereocenters. The number of hydrogen-bond acceptors (Lipinski definition) is 7. The third-order valence-corrected chi connectivity index (χ3v) is 6.55. The zero-order valence-corrected chi connectivity index (χ0v) is 22.7. The smallest absolute Gasteiger partial charge is 0.338 e. The van der Waals surface area contributed by atoms with E-state index >= 15 is 0 Å². The van der Waals surface area contributed by atoms with E-state index in [9.17, 15) is 4.79 Å². The summed E-state index contributed by atoms with van der Waals surface area (Å²) in [5, 5.41) is 5.72. The fraction of sp³-hybridized carbons (Fsp3) is 0.250. The van der Waals surface area contributed by atoms with Gasteiger partial charge in [-0.1, -0.05) is 36.4 Å². The highest BCUT2D eigenvalue weighted by Gasteiger charge is 2.22. The summed E-state index contributed by atoms with van der Waals surface area (Å²) in [6.07, 6.45) is 1.78. The minimum atomic E-state index is -0.573. The molecule has 3 aromatic heterocycles. The van der Waals surface area contributed by atoms with Crippen LogP contribution in [-0.4, -0.2) is 57.5 Å². The van der Waals surface area contributed by atoms with Gasteiger partial charge in [-0.25, -0.2) is 19.3 Å². The first kappa shape index (κ1) is 25.5. The highest BCUT2D eigenvalue weighted by Crippen LogP contribution is 2.30. The number of ether oxygens (including phenoxy) is 2. The van der Waals surface area contributed by atoms with Crippen molar-refractivity contribution >= 4 is 28.2 Å². The molecule has 1 fully saturated rings. The van der Waals surface area contributed by atoms with Gasteiger partial charge in [0.05, 0.1) is 36.2 Å². The Balaban J connectivity index is 1.45. The van der Waals surface area contributed by atoms with Crippen molar-refractivity contribution in [1.82, 2.24) is 19.6 Å². The van der Waals surface area contributed by atoms with E-state index in [2.05, 4.69) is 21.8 Å². The van der Waals surface area contributed by atoms with Crippen LogP contribution in [0.25, 0.3) is 27.8 Å². The summed E-state index contributed by atoms with van der Waals surface area (Å²) in [5.74, 6) is 6.10. The third-order valence-electron chi connectivity index (χ3n) is 6.55. The average molecular weight is 532 g/mol. The molecule has 1 aliphatic rings. The first-order chi connectivity index (χ1) is 19.4. The number of carbonyl (C=O) groups excluding carboxylic acids is 1. The van der Waals surface area contributed by atoms with E-state index in [0.29, 0.717) is 35.8 Å². The molecule has 4 heterocycles. The Morgan fingerprint density at radius 1 is 0.925 bits per heavy atom. The molecule has 200 valence electrons. The molecule has 0 N–H and O–H groups in total. The first-order valence-corrected chi connectivity index (χ1v) is 13.3. The number of nitrogens with zero attached hydrogens (tertiary/aromatic N) is 5. The van der Waals surface area contributed by atoms with Crippen LogP contribution >= 0.6 is 0 Å². The maximum Gasteiger partial charge on any atom is 0.338 e. The topological polar surface area (TPSA) is 81.8 Å². The molecule has 1 saturated heterocycles. The van der Waals surface area contributed by atoms with Gasteiger partial charge in [0, 0.05) is 24.0 Å². The minimum absolute atomic E-state index is 0.368. The quantitative estimate of drug-likeness (QED) is 0.236. The number of morpholine rings is 1. The molecule has 6 rings (SSSR count). The summed E-state index contributed by atoms with van der Waals surface area (Å²) in [5.41, 5.74) is 5.29. The van der Waals surface area contributed by atoms with Crippen LogP contribution < -0.4 is 4.90 Å². The van der Waals surface area contributed by atoms with Gasteiger partial charge in [-0.3, -0.25) is 0 Å². The van der Waals surface area contributed by atoms with Crippen LogP contribution in [0.3, 0.4) is 0 Å². The van der Waals surface area contributed by atoms with Crippen LogP contribution in [0, 0.1) is 11.8 Å². The van der Waals surface area contributed by atoms with Gasteiger partial charge >= 0.3 is 5.97 Å². The summed E-state index contributed by atoms with van der Waals surface area (Å²) in [7, 11) is 0. The molecular formula is C32H29N5O3. The molecule has 0 atom stereocenters. The van der Waals surface area contributed by atoms with E-state index in [0.717, 1.165) is 40.9 Å². The number of imidazole rings is 1. The second-order valence-corrected chi connectivity index (χ2v) is 10.6. The van der Waals surface area contributed by atoms with E-state index in [1.807, 2.05) is 79.9 Å². The average Bonchev–Trinajstić information content (AvgIpc) is 3.34. The Kier molecular flexibility index (Phi) is 6.66. The zero-order valence-electron chi connectivity index (χ0n) is 22.7. The Morgan fingerprint density at radius 2 is 1.70 bits per heavy atom. The van der Waals surface area contributed by atoms with E-state index < -0.39 is 5.60 Å². The summed E-state index contributed by atoms with van der Waals surface area (Å²) < 4.78 is 12.9. The van der Waals surface area contributed by atoms with Crippen LogP contribution in [0.5, 0.6) is 0 Å². The summed E-state index contributed by atoms with van der Waals surface area (Å²) >= 11 is 0. The van der Waals surface area contributed by atoms with Crippen molar-refractivity contribution in [3.05, 3.63) is 89.9 Å². The maximum absolute atomic E-state index is 12.6. The van der Waals surface area contributed by atoms with E-state index in [1.165, 1.54) is 0 Å². The summed E-state index contributed by atoms with van der Waals surface area (Å²) in [6.45, 7) is 8.42. The van der Waals surface area contributed by atoms with E-state index in [-0.39, 0.29) is 5.97 Å². The molecule has 8 nitrogen and oxygen atoms in total. The predicted octanol–water partition coefficient (Wildman–Crippen LogP) is 5.14. The second-order valence-electron chi connectivity index (χ2n) is 10.6. The predicted molar refractivity (Wildman–Crippen MR) is 154 cm³/mol.